The van der Waals surface area contributed by atoms with Gasteiger partial charge < -0.3 is 5.73 Å². The Morgan fingerprint density at radius 1 is 1.21 bits per heavy atom. The molecule has 0 fully saturated rings. The van der Waals surface area contributed by atoms with Crippen molar-refractivity contribution in [2.45, 2.75) is 25.8 Å². The van der Waals surface area contributed by atoms with Gasteiger partial charge in [0.15, 0.2) is 0 Å². The standard InChI is InChI=1S/C15H16Cl2N2/c1-2-10-4-3-7-19-15(10)14(18)8-11-5-6-12(16)9-13(11)17/h3-7,9,14H,2,8,18H2,1H3. The van der Waals surface area contributed by atoms with Crippen molar-refractivity contribution in [2.75, 3.05) is 0 Å². The highest BCUT2D eigenvalue weighted by atomic mass is 35.5. The van der Waals surface area contributed by atoms with Gasteiger partial charge in [-0.1, -0.05) is 42.3 Å². The van der Waals surface area contributed by atoms with E-state index in [0.717, 1.165) is 17.7 Å². The van der Waals surface area contributed by atoms with E-state index in [9.17, 15) is 0 Å². The summed E-state index contributed by atoms with van der Waals surface area (Å²) in [6, 6.07) is 9.32. The van der Waals surface area contributed by atoms with Gasteiger partial charge in [-0.15, -0.1) is 0 Å². The maximum absolute atomic E-state index is 6.26. The number of hydrogen-bond acceptors (Lipinski definition) is 2. The fourth-order valence-electron chi connectivity index (χ4n) is 2.10. The maximum atomic E-state index is 6.26. The second-order valence-electron chi connectivity index (χ2n) is 4.45. The van der Waals surface area contributed by atoms with Crippen LogP contribution in [0.5, 0.6) is 0 Å². The third-order valence-electron chi connectivity index (χ3n) is 3.11. The summed E-state index contributed by atoms with van der Waals surface area (Å²) in [5.74, 6) is 0. The number of aromatic nitrogens is 1. The van der Waals surface area contributed by atoms with E-state index in [1.54, 1.807) is 12.3 Å². The highest BCUT2D eigenvalue weighted by Gasteiger charge is 2.14. The number of benzene rings is 1. The number of pyridine rings is 1. The largest absolute Gasteiger partial charge is 0.322 e. The fourth-order valence-corrected chi connectivity index (χ4v) is 2.59. The third-order valence-corrected chi connectivity index (χ3v) is 3.70. The minimum absolute atomic E-state index is 0.158. The molecule has 0 aliphatic heterocycles. The van der Waals surface area contributed by atoms with Crippen molar-refractivity contribution in [3.05, 3.63) is 63.4 Å². The van der Waals surface area contributed by atoms with Gasteiger partial charge in [0.2, 0.25) is 0 Å². The number of rotatable bonds is 4. The van der Waals surface area contributed by atoms with Gasteiger partial charge in [-0.05, 0) is 42.2 Å². The molecule has 1 heterocycles. The highest BCUT2D eigenvalue weighted by Crippen LogP contribution is 2.25. The molecule has 0 spiro atoms. The quantitative estimate of drug-likeness (QED) is 0.918. The molecule has 1 atom stereocenters. The number of aryl methyl sites for hydroxylation is 1. The molecule has 0 amide bonds. The van der Waals surface area contributed by atoms with Gasteiger partial charge in [-0.3, -0.25) is 4.98 Å². The second kappa shape index (κ2) is 6.38. The molecular formula is C15H16Cl2N2. The summed E-state index contributed by atoms with van der Waals surface area (Å²) in [6.45, 7) is 2.10. The van der Waals surface area contributed by atoms with Crippen molar-refractivity contribution in [3.63, 3.8) is 0 Å². The van der Waals surface area contributed by atoms with Crippen LogP contribution in [0.2, 0.25) is 10.0 Å². The molecule has 2 nitrogen and oxygen atoms in total. The summed E-state index contributed by atoms with van der Waals surface area (Å²) >= 11 is 12.1. The summed E-state index contributed by atoms with van der Waals surface area (Å²) < 4.78 is 0. The minimum Gasteiger partial charge on any atom is -0.322 e. The van der Waals surface area contributed by atoms with Gasteiger partial charge >= 0.3 is 0 Å². The van der Waals surface area contributed by atoms with Crippen molar-refractivity contribution in [1.82, 2.24) is 4.98 Å². The lowest BCUT2D eigenvalue weighted by Crippen LogP contribution is -2.17. The van der Waals surface area contributed by atoms with Crippen LogP contribution in [0.25, 0.3) is 0 Å². The van der Waals surface area contributed by atoms with E-state index < -0.39 is 0 Å². The van der Waals surface area contributed by atoms with Crippen molar-refractivity contribution >= 4 is 23.2 Å². The summed E-state index contributed by atoms with van der Waals surface area (Å²) in [5, 5.41) is 1.28. The average Bonchev–Trinajstić information content (AvgIpc) is 2.41. The Kier molecular flexibility index (Phi) is 4.81. The Hall–Kier alpha value is -1.09. The van der Waals surface area contributed by atoms with Gasteiger partial charge in [0, 0.05) is 16.2 Å². The van der Waals surface area contributed by atoms with Crippen LogP contribution in [0.3, 0.4) is 0 Å². The SMILES string of the molecule is CCc1cccnc1C(N)Cc1ccc(Cl)cc1Cl. The van der Waals surface area contributed by atoms with E-state index in [-0.39, 0.29) is 6.04 Å². The van der Waals surface area contributed by atoms with Gasteiger partial charge in [0.25, 0.3) is 0 Å². The van der Waals surface area contributed by atoms with E-state index in [1.807, 2.05) is 18.2 Å². The van der Waals surface area contributed by atoms with Crippen molar-refractivity contribution in [3.8, 4) is 0 Å². The molecule has 0 bridgehead atoms. The molecule has 0 aliphatic carbocycles. The number of nitrogens with two attached hydrogens (primary N) is 1. The maximum Gasteiger partial charge on any atom is 0.0606 e. The summed E-state index contributed by atoms with van der Waals surface area (Å²) in [5.41, 5.74) is 9.37. The minimum atomic E-state index is -0.158. The van der Waals surface area contributed by atoms with Crippen molar-refractivity contribution in [1.29, 1.82) is 0 Å². The molecule has 0 aliphatic rings. The number of halogens is 2. The van der Waals surface area contributed by atoms with Crippen LogP contribution in [0, 0.1) is 0 Å². The topological polar surface area (TPSA) is 38.9 Å². The van der Waals surface area contributed by atoms with Crippen LogP contribution in [0.1, 0.15) is 29.8 Å². The Labute approximate surface area is 123 Å². The van der Waals surface area contributed by atoms with Gasteiger partial charge in [0.1, 0.15) is 0 Å². The Morgan fingerprint density at radius 2 is 2.00 bits per heavy atom. The monoisotopic (exact) mass is 294 g/mol. The van der Waals surface area contributed by atoms with E-state index in [1.165, 1.54) is 5.56 Å². The predicted molar refractivity (Wildman–Crippen MR) is 80.7 cm³/mol. The zero-order chi connectivity index (χ0) is 13.8. The zero-order valence-electron chi connectivity index (χ0n) is 10.7. The van der Waals surface area contributed by atoms with Crippen LogP contribution in [-0.4, -0.2) is 4.98 Å². The lowest BCUT2D eigenvalue weighted by Gasteiger charge is -2.15. The Bertz CT molecular complexity index is 570. The fraction of sp³-hybridized carbons (Fsp3) is 0.267. The first-order chi connectivity index (χ1) is 9.11. The van der Waals surface area contributed by atoms with Crippen LogP contribution in [-0.2, 0) is 12.8 Å². The van der Waals surface area contributed by atoms with Gasteiger partial charge in [-0.25, -0.2) is 0 Å². The highest BCUT2D eigenvalue weighted by molar-refractivity contribution is 6.35. The normalized spacial score (nSPS) is 12.4. The molecule has 0 saturated carbocycles. The van der Waals surface area contributed by atoms with Gasteiger partial charge in [-0.2, -0.15) is 0 Å². The molecule has 0 saturated heterocycles. The zero-order valence-corrected chi connectivity index (χ0v) is 12.2. The Morgan fingerprint density at radius 3 is 2.68 bits per heavy atom. The second-order valence-corrected chi connectivity index (χ2v) is 5.29. The molecule has 0 radical (unpaired) electrons. The number of hydrogen-bond donors (Lipinski definition) is 1. The molecule has 2 N–H and O–H groups in total. The smallest absolute Gasteiger partial charge is 0.0606 e. The first-order valence-electron chi connectivity index (χ1n) is 6.25. The van der Waals surface area contributed by atoms with Crippen molar-refractivity contribution < 1.29 is 0 Å². The first kappa shape index (κ1) is 14.3. The first-order valence-corrected chi connectivity index (χ1v) is 7.00. The van der Waals surface area contributed by atoms with Crippen LogP contribution >= 0.6 is 23.2 Å². The van der Waals surface area contributed by atoms with Crippen molar-refractivity contribution in [2.24, 2.45) is 5.73 Å². The summed E-state index contributed by atoms with van der Waals surface area (Å²) in [7, 11) is 0. The molecule has 1 aromatic heterocycles. The number of nitrogens with zero attached hydrogens (tertiary/aromatic N) is 1. The van der Waals surface area contributed by atoms with Gasteiger partial charge in [0.05, 0.1) is 11.7 Å². The molecule has 1 aromatic carbocycles. The third kappa shape index (κ3) is 3.47. The van der Waals surface area contributed by atoms with E-state index in [0.29, 0.717) is 16.5 Å². The van der Waals surface area contributed by atoms with E-state index >= 15 is 0 Å². The van der Waals surface area contributed by atoms with Crippen LogP contribution in [0.4, 0.5) is 0 Å². The molecule has 100 valence electrons. The van der Waals surface area contributed by atoms with E-state index in [4.69, 9.17) is 28.9 Å². The molecule has 19 heavy (non-hydrogen) atoms. The summed E-state index contributed by atoms with van der Waals surface area (Å²) in [4.78, 5) is 4.40. The van der Waals surface area contributed by atoms with Crippen LogP contribution < -0.4 is 5.73 Å². The average molecular weight is 295 g/mol. The Balaban J connectivity index is 2.23. The predicted octanol–water partition coefficient (Wildman–Crippen LogP) is 4.19. The summed E-state index contributed by atoms with van der Waals surface area (Å²) in [6.07, 6.45) is 3.35. The molecule has 4 heteroatoms. The molecule has 1 unspecified atom stereocenters. The molecule has 2 rings (SSSR count). The molecule has 2 aromatic rings. The molecular weight excluding hydrogens is 279 g/mol. The van der Waals surface area contributed by atoms with E-state index in [2.05, 4.69) is 18.0 Å². The van der Waals surface area contributed by atoms with Crippen LogP contribution in [0.15, 0.2) is 36.5 Å². The lowest BCUT2D eigenvalue weighted by molar-refractivity contribution is 0.685. The lowest BCUT2D eigenvalue weighted by atomic mass is 9.99.